The van der Waals surface area contributed by atoms with Crippen LogP contribution in [0.5, 0.6) is 11.8 Å². The van der Waals surface area contributed by atoms with Gasteiger partial charge in [0.05, 0.1) is 0 Å². The van der Waals surface area contributed by atoms with E-state index in [1.165, 1.54) is 0 Å². The molecule has 1 aromatic carbocycles. The van der Waals surface area contributed by atoms with Crippen LogP contribution in [0.25, 0.3) is 21.3 Å². The van der Waals surface area contributed by atoms with E-state index in [0.717, 1.165) is 21.3 Å². The van der Waals surface area contributed by atoms with Crippen LogP contribution in [0.2, 0.25) is 0 Å². The van der Waals surface area contributed by atoms with E-state index in [1.54, 1.807) is 29.9 Å². The molecule has 106 valence electrons. The Morgan fingerprint density at radius 2 is 1.73 bits per heavy atom. The summed E-state index contributed by atoms with van der Waals surface area (Å²) < 4.78 is 5.78. The maximum absolute atomic E-state index is 5.78. The van der Waals surface area contributed by atoms with Crippen molar-refractivity contribution in [3.05, 3.63) is 66.4 Å². The van der Waals surface area contributed by atoms with Crippen molar-refractivity contribution in [2.45, 2.75) is 0 Å². The minimum Gasteiger partial charge on any atom is -0.422 e. The van der Waals surface area contributed by atoms with E-state index in [0.29, 0.717) is 11.8 Å². The molecule has 0 aliphatic rings. The Morgan fingerprint density at radius 1 is 0.864 bits per heavy atom. The molecule has 22 heavy (non-hydrogen) atoms. The molecule has 4 rings (SSSR count). The molecule has 0 fully saturated rings. The van der Waals surface area contributed by atoms with Crippen molar-refractivity contribution in [3.8, 4) is 22.2 Å². The lowest BCUT2D eigenvalue weighted by molar-refractivity contribution is 0.446. The highest BCUT2D eigenvalue weighted by atomic mass is 32.1. The third-order valence-corrected chi connectivity index (χ3v) is 4.15. The van der Waals surface area contributed by atoms with Crippen molar-refractivity contribution in [1.82, 2.24) is 15.0 Å². The topological polar surface area (TPSA) is 47.9 Å². The molecule has 0 N–H and O–H groups in total. The Balaban J connectivity index is 1.65. The molecule has 3 aromatic heterocycles. The van der Waals surface area contributed by atoms with Gasteiger partial charge in [0, 0.05) is 34.4 Å². The molecule has 0 aliphatic carbocycles. The fourth-order valence-corrected chi connectivity index (χ4v) is 2.90. The first kappa shape index (κ1) is 12.9. The zero-order chi connectivity index (χ0) is 14.8. The minimum absolute atomic E-state index is 0.318. The van der Waals surface area contributed by atoms with E-state index in [1.807, 2.05) is 47.8 Å². The summed E-state index contributed by atoms with van der Waals surface area (Å²) in [5.41, 5.74) is 1.79. The lowest BCUT2D eigenvalue weighted by atomic mass is 10.2. The highest BCUT2D eigenvalue weighted by Crippen LogP contribution is 2.28. The molecular formula is C17H11N3OS. The quantitative estimate of drug-likeness (QED) is 0.557. The molecule has 0 bridgehead atoms. The van der Waals surface area contributed by atoms with Gasteiger partial charge >= 0.3 is 6.01 Å². The Labute approximate surface area is 131 Å². The highest BCUT2D eigenvalue weighted by Gasteiger charge is 2.07. The SMILES string of the molecule is c1csc(-c2cnc(Oc3cccc4cccnc34)nc2)c1. The van der Waals surface area contributed by atoms with Gasteiger partial charge in [0.25, 0.3) is 0 Å². The zero-order valence-corrected chi connectivity index (χ0v) is 12.3. The van der Waals surface area contributed by atoms with Crippen LogP contribution in [0.1, 0.15) is 0 Å². The summed E-state index contributed by atoms with van der Waals surface area (Å²) in [7, 11) is 0. The van der Waals surface area contributed by atoms with Crippen molar-refractivity contribution < 1.29 is 4.74 Å². The summed E-state index contributed by atoms with van der Waals surface area (Å²) in [6.07, 6.45) is 5.29. The number of ether oxygens (including phenoxy) is 1. The largest absolute Gasteiger partial charge is 0.422 e. The van der Waals surface area contributed by atoms with Gasteiger partial charge in [-0.2, -0.15) is 0 Å². The molecule has 0 saturated heterocycles. The number of para-hydroxylation sites is 1. The van der Waals surface area contributed by atoms with Gasteiger partial charge in [0.15, 0.2) is 5.75 Å². The molecule has 0 amide bonds. The van der Waals surface area contributed by atoms with Crippen LogP contribution in [-0.2, 0) is 0 Å². The van der Waals surface area contributed by atoms with Crippen LogP contribution in [0.3, 0.4) is 0 Å². The average Bonchev–Trinajstić information content (AvgIpc) is 3.10. The molecule has 0 unspecified atom stereocenters. The van der Waals surface area contributed by atoms with Crippen molar-refractivity contribution >= 4 is 22.2 Å². The van der Waals surface area contributed by atoms with Gasteiger partial charge < -0.3 is 4.74 Å². The summed E-state index contributed by atoms with van der Waals surface area (Å²) in [6.45, 7) is 0. The third-order valence-electron chi connectivity index (χ3n) is 3.23. The molecule has 0 aliphatic heterocycles. The van der Waals surface area contributed by atoms with E-state index in [2.05, 4.69) is 15.0 Å². The van der Waals surface area contributed by atoms with Crippen LogP contribution >= 0.6 is 11.3 Å². The highest BCUT2D eigenvalue weighted by molar-refractivity contribution is 7.13. The molecular weight excluding hydrogens is 294 g/mol. The summed E-state index contributed by atoms with van der Waals surface area (Å²) in [4.78, 5) is 14.1. The van der Waals surface area contributed by atoms with Crippen LogP contribution in [0, 0.1) is 0 Å². The Kier molecular flexibility index (Phi) is 3.25. The third kappa shape index (κ3) is 2.42. The van der Waals surface area contributed by atoms with Gasteiger partial charge in [-0.1, -0.05) is 24.3 Å². The standard InChI is InChI=1S/C17H11N3OS/c1-4-12-5-2-8-18-16(12)14(6-1)21-17-19-10-13(11-20-17)15-7-3-9-22-15/h1-11H. The smallest absolute Gasteiger partial charge is 0.321 e. The average molecular weight is 305 g/mol. The lowest BCUT2D eigenvalue weighted by Gasteiger charge is -2.06. The number of hydrogen-bond acceptors (Lipinski definition) is 5. The van der Waals surface area contributed by atoms with E-state index in [-0.39, 0.29) is 0 Å². The van der Waals surface area contributed by atoms with E-state index in [9.17, 15) is 0 Å². The first-order valence-corrected chi connectivity index (χ1v) is 7.66. The second kappa shape index (κ2) is 5.54. The van der Waals surface area contributed by atoms with Crippen molar-refractivity contribution in [3.63, 3.8) is 0 Å². The Bertz CT molecular complexity index is 900. The maximum atomic E-state index is 5.78. The second-order valence-electron chi connectivity index (χ2n) is 4.66. The molecule has 0 saturated carbocycles. The maximum Gasteiger partial charge on any atom is 0.321 e. The van der Waals surface area contributed by atoms with E-state index in [4.69, 9.17) is 4.74 Å². The predicted octanol–water partition coefficient (Wildman–Crippen LogP) is 4.55. The van der Waals surface area contributed by atoms with Crippen LogP contribution in [0.15, 0.2) is 66.4 Å². The number of thiophene rings is 1. The van der Waals surface area contributed by atoms with E-state index < -0.39 is 0 Å². The summed E-state index contributed by atoms with van der Waals surface area (Å²) in [5.74, 6) is 0.655. The number of rotatable bonds is 3. The number of aromatic nitrogens is 3. The number of fused-ring (bicyclic) bond motifs is 1. The first-order chi connectivity index (χ1) is 10.9. The number of pyridine rings is 1. The first-order valence-electron chi connectivity index (χ1n) is 6.78. The predicted molar refractivity (Wildman–Crippen MR) is 87.2 cm³/mol. The molecule has 4 aromatic rings. The summed E-state index contributed by atoms with van der Waals surface area (Å²) >= 11 is 1.66. The van der Waals surface area contributed by atoms with Gasteiger partial charge in [-0.15, -0.1) is 11.3 Å². The zero-order valence-electron chi connectivity index (χ0n) is 11.5. The monoisotopic (exact) mass is 305 g/mol. The summed E-state index contributed by atoms with van der Waals surface area (Å²) in [5, 5.41) is 3.05. The lowest BCUT2D eigenvalue weighted by Crippen LogP contribution is -1.93. The molecule has 0 radical (unpaired) electrons. The van der Waals surface area contributed by atoms with Crippen LogP contribution in [-0.4, -0.2) is 15.0 Å². The fraction of sp³-hybridized carbons (Fsp3) is 0. The Hall–Kier alpha value is -2.79. The molecule has 3 heterocycles. The summed E-state index contributed by atoms with van der Waals surface area (Å²) in [6, 6.07) is 14.1. The molecule has 0 atom stereocenters. The fourth-order valence-electron chi connectivity index (χ4n) is 2.20. The van der Waals surface area contributed by atoms with Gasteiger partial charge in [0.1, 0.15) is 5.52 Å². The number of nitrogens with zero attached hydrogens (tertiary/aromatic N) is 3. The van der Waals surface area contributed by atoms with Crippen molar-refractivity contribution in [2.75, 3.05) is 0 Å². The van der Waals surface area contributed by atoms with Gasteiger partial charge in [-0.3, -0.25) is 4.98 Å². The molecule has 4 nitrogen and oxygen atoms in total. The second-order valence-corrected chi connectivity index (χ2v) is 5.61. The van der Waals surface area contributed by atoms with Gasteiger partial charge in [-0.05, 0) is 23.6 Å². The van der Waals surface area contributed by atoms with Gasteiger partial charge in [0.2, 0.25) is 0 Å². The van der Waals surface area contributed by atoms with Crippen molar-refractivity contribution in [2.24, 2.45) is 0 Å². The number of benzene rings is 1. The molecule has 0 spiro atoms. The Morgan fingerprint density at radius 3 is 2.55 bits per heavy atom. The minimum atomic E-state index is 0.318. The van der Waals surface area contributed by atoms with Gasteiger partial charge in [-0.25, -0.2) is 9.97 Å². The number of hydrogen-bond donors (Lipinski definition) is 0. The van der Waals surface area contributed by atoms with Crippen LogP contribution in [0.4, 0.5) is 0 Å². The van der Waals surface area contributed by atoms with Crippen LogP contribution < -0.4 is 4.74 Å². The molecule has 5 heteroatoms. The van der Waals surface area contributed by atoms with Crippen molar-refractivity contribution in [1.29, 1.82) is 0 Å². The van der Waals surface area contributed by atoms with E-state index >= 15 is 0 Å². The normalized spacial score (nSPS) is 10.7.